The summed E-state index contributed by atoms with van der Waals surface area (Å²) in [5.74, 6) is 0.313. The number of hydrogen-bond acceptors (Lipinski definition) is 6. The molecule has 0 bridgehead atoms. The van der Waals surface area contributed by atoms with E-state index in [0.29, 0.717) is 24.5 Å². The molecule has 0 aliphatic carbocycles. The predicted octanol–water partition coefficient (Wildman–Crippen LogP) is 3.33. The summed E-state index contributed by atoms with van der Waals surface area (Å²) in [5.41, 5.74) is 4.28. The van der Waals surface area contributed by atoms with Crippen molar-refractivity contribution < 1.29 is 24.5 Å². The van der Waals surface area contributed by atoms with Gasteiger partial charge in [0.1, 0.15) is 11.9 Å². The smallest absolute Gasteiger partial charge is 0.323 e. The fourth-order valence-electron chi connectivity index (χ4n) is 4.22. The van der Waals surface area contributed by atoms with Crippen LogP contribution in [0.4, 0.5) is 0 Å². The van der Waals surface area contributed by atoms with E-state index in [1.807, 2.05) is 51.1 Å². The number of carboxylic acids is 1. The van der Waals surface area contributed by atoms with Gasteiger partial charge in [0.2, 0.25) is 0 Å². The first-order valence-electron chi connectivity index (χ1n) is 11.9. The van der Waals surface area contributed by atoms with Crippen molar-refractivity contribution in [3.05, 3.63) is 47.3 Å². The van der Waals surface area contributed by atoms with Crippen LogP contribution >= 0.6 is 0 Å². The number of carbonyl (C=O) groups excluding carboxylic acids is 1. The lowest BCUT2D eigenvalue weighted by Crippen LogP contribution is -2.39. The molecule has 8 nitrogen and oxygen atoms in total. The van der Waals surface area contributed by atoms with Gasteiger partial charge in [-0.25, -0.2) is 4.98 Å². The normalized spacial score (nSPS) is 16.7. The summed E-state index contributed by atoms with van der Waals surface area (Å²) in [4.78, 5) is 28.3. The fraction of sp³-hybridized carbons (Fsp3) is 0.500. The van der Waals surface area contributed by atoms with Gasteiger partial charge >= 0.3 is 5.97 Å². The maximum absolute atomic E-state index is 12.2. The van der Waals surface area contributed by atoms with Gasteiger partial charge in [-0.15, -0.1) is 0 Å². The van der Waals surface area contributed by atoms with Crippen molar-refractivity contribution in [2.45, 2.75) is 59.2 Å². The van der Waals surface area contributed by atoms with Crippen molar-refractivity contribution in [3.63, 3.8) is 0 Å². The number of carboxylic acid groups (broad SMARTS) is 1. The van der Waals surface area contributed by atoms with E-state index in [-0.39, 0.29) is 5.78 Å². The molecule has 1 aromatic carbocycles. The van der Waals surface area contributed by atoms with Gasteiger partial charge in [-0.1, -0.05) is 19.1 Å². The van der Waals surface area contributed by atoms with E-state index in [9.17, 15) is 14.7 Å². The number of aromatic nitrogens is 2. The number of nitrogens with zero attached hydrogens (tertiary/aromatic N) is 2. The van der Waals surface area contributed by atoms with Crippen LogP contribution in [0.2, 0.25) is 0 Å². The Morgan fingerprint density at radius 3 is 2.68 bits per heavy atom. The molecule has 34 heavy (non-hydrogen) atoms. The van der Waals surface area contributed by atoms with E-state index in [2.05, 4.69) is 9.88 Å². The number of carbonyl (C=O) groups is 2. The SMILES string of the molecule is C/C=C(\C=C(\C)C(=O)CC)c1nc2cc(CN[C@@H](CO)C(=O)O)ccc2n1CC1CCOCC1. The lowest BCUT2D eigenvalue weighted by Gasteiger charge is -2.23. The topological polar surface area (TPSA) is 114 Å². The molecule has 1 saturated heterocycles. The number of aliphatic hydroxyl groups is 1. The van der Waals surface area contributed by atoms with E-state index in [1.165, 1.54) is 0 Å². The number of nitrogens with one attached hydrogen (secondary N) is 1. The molecule has 0 amide bonds. The minimum absolute atomic E-state index is 0.108. The van der Waals surface area contributed by atoms with Crippen molar-refractivity contribution in [3.8, 4) is 0 Å². The first-order valence-corrected chi connectivity index (χ1v) is 11.9. The molecule has 0 spiro atoms. The maximum atomic E-state index is 12.2. The van der Waals surface area contributed by atoms with Crippen LogP contribution in [-0.4, -0.2) is 57.4 Å². The van der Waals surface area contributed by atoms with Crippen molar-refractivity contribution in [2.75, 3.05) is 19.8 Å². The predicted molar refractivity (Wildman–Crippen MR) is 131 cm³/mol. The average Bonchev–Trinajstić information content (AvgIpc) is 3.19. The molecule has 3 rings (SSSR count). The second-order valence-corrected chi connectivity index (χ2v) is 8.73. The number of allylic oxidation sites excluding steroid dienone is 4. The number of imidazole rings is 1. The van der Waals surface area contributed by atoms with Crippen molar-refractivity contribution in [1.29, 1.82) is 0 Å². The molecule has 1 aliphatic rings. The van der Waals surface area contributed by atoms with Gasteiger partial charge in [0.15, 0.2) is 5.78 Å². The molecule has 0 saturated carbocycles. The summed E-state index contributed by atoms with van der Waals surface area (Å²) in [7, 11) is 0. The molecule has 1 atom stereocenters. The zero-order valence-electron chi connectivity index (χ0n) is 20.2. The van der Waals surface area contributed by atoms with Gasteiger partial charge in [0.05, 0.1) is 17.6 Å². The number of rotatable bonds is 11. The summed E-state index contributed by atoms with van der Waals surface area (Å²) in [6.45, 7) is 7.80. The average molecular weight is 470 g/mol. The number of hydrogen-bond donors (Lipinski definition) is 3. The van der Waals surface area contributed by atoms with E-state index < -0.39 is 18.6 Å². The Hall–Kier alpha value is -2.81. The zero-order valence-corrected chi connectivity index (χ0v) is 20.2. The van der Waals surface area contributed by atoms with Gasteiger partial charge in [0.25, 0.3) is 0 Å². The number of Topliss-reactive ketones (excluding diaryl/α,β-unsaturated/α-hetero) is 1. The van der Waals surface area contributed by atoms with E-state index >= 15 is 0 Å². The largest absolute Gasteiger partial charge is 0.480 e. The number of aliphatic carboxylic acids is 1. The van der Waals surface area contributed by atoms with Gasteiger partial charge < -0.3 is 19.5 Å². The Kier molecular flexibility index (Phi) is 9.15. The first kappa shape index (κ1) is 25.8. The molecule has 8 heteroatoms. The van der Waals surface area contributed by atoms with Crippen LogP contribution in [0, 0.1) is 5.92 Å². The van der Waals surface area contributed by atoms with Crippen LogP contribution in [0.1, 0.15) is 51.4 Å². The summed E-state index contributed by atoms with van der Waals surface area (Å²) >= 11 is 0. The molecular weight excluding hydrogens is 434 g/mol. The molecule has 0 radical (unpaired) electrons. The van der Waals surface area contributed by atoms with Crippen LogP contribution in [0.25, 0.3) is 16.6 Å². The second kappa shape index (κ2) is 12.1. The van der Waals surface area contributed by atoms with Crippen molar-refractivity contribution in [1.82, 2.24) is 14.9 Å². The highest BCUT2D eigenvalue weighted by Gasteiger charge is 2.21. The molecule has 0 unspecified atom stereocenters. The second-order valence-electron chi connectivity index (χ2n) is 8.73. The molecule has 2 heterocycles. The van der Waals surface area contributed by atoms with Crippen LogP contribution in [0.3, 0.4) is 0 Å². The van der Waals surface area contributed by atoms with Crippen molar-refractivity contribution in [2.24, 2.45) is 5.92 Å². The number of ether oxygens (including phenoxy) is 1. The molecular formula is C26H35N3O5. The van der Waals surface area contributed by atoms with Gasteiger partial charge in [0, 0.05) is 38.3 Å². The zero-order chi connectivity index (χ0) is 24.7. The van der Waals surface area contributed by atoms with Crippen molar-refractivity contribution >= 4 is 28.4 Å². The molecule has 184 valence electrons. The highest BCUT2D eigenvalue weighted by Crippen LogP contribution is 2.28. The summed E-state index contributed by atoms with van der Waals surface area (Å²) < 4.78 is 7.76. The standard InChI is InChI=1S/C26H35N3O5/c1-4-20(12-17(3)24(31)5-2)25-28-21-13-19(14-27-22(16-30)26(32)33)6-7-23(21)29(25)15-18-8-10-34-11-9-18/h4,6-7,12-13,18,22,27,30H,5,8-11,14-16H2,1-3H3,(H,32,33)/b17-12-,20-4+/t22-/m0/s1. The van der Waals surface area contributed by atoms with Crippen LogP contribution in [0.15, 0.2) is 35.9 Å². The third-order valence-corrected chi connectivity index (χ3v) is 6.33. The summed E-state index contributed by atoms with van der Waals surface area (Å²) in [6, 6.07) is 4.90. The van der Waals surface area contributed by atoms with E-state index in [1.54, 1.807) is 0 Å². The third-order valence-electron chi connectivity index (χ3n) is 6.33. The lowest BCUT2D eigenvalue weighted by atomic mass is 10.00. The summed E-state index contributed by atoms with van der Waals surface area (Å²) in [5, 5.41) is 21.3. The number of ketones is 1. The maximum Gasteiger partial charge on any atom is 0.323 e. The highest BCUT2D eigenvalue weighted by molar-refractivity contribution is 5.97. The Labute approximate surface area is 200 Å². The number of benzene rings is 1. The Morgan fingerprint density at radius 2 is 2.06 bits per heavy atom. The Morgan fingerprint density at radius 1 is 1.32 bits per heavy atom. The molecule has 2 aromatic rings. The van der Waals surface area contributed by atoms with Gasteiger partial charge in [-0.3, -0.25) is 14.9 Å². The van der Waals surface area contributed by atoms with Crippen LogP contribution in [0.5, 0.6) is 0 Å². The fourth-order valence-corrected chi connectivity index (χ4v) is 4.22. The first-order chi connectivity index (χ1) is 16.4. The monoisotopic (exact) mass is 469 g/mol. The number of fused-ring (bicyclic) bond motifs is 1. The van der Waals surface area contributed by atoms with Gasteiger partial charge in [-0.2, -0.15) is 0 Å². The third kappa shape index (κ3) is 6.20. The van der Waals surface area contributed by atoms with Crippen LogP contribution < -0.4 is 5.32 Å². The Bertz CT molecular complexity index is 1080. The summed E-state index contributed by atoms with van der Waals surface area (Å²) in [6.07, 6.45) is 6.34. The van der Waals surface area contributed by atoms with Crippen LogP contribution in [-0.2, 0) is 27.4 Å². The minimum atomic E-state index is -1.09. The quantitative estimate of drug-likeness (QED) is 0.342. The van der Waals surface area contributed by atoms with E-state index in [0.717, 1.165) is 60.6 Å². The molecule has 3 N–H and O–H groups in total. The molecule has 1 aromatic heterocycles. The minimum Gasteiger partial charge on any atom is -0.480 e. The molecule has 1 fully saturated rings. The lowest BCUT2D eigenvalue weighted by molar-refractivity contribution is -0.140. The number of aliphatic hydroxyl groups excluding tert-OH is 1. The van der Waals surface area contributed by atoms with Gasteiger partial charge in [-0.05, 0) is 62.0 Å². The Balaban J connectivity index is 1.99. The highest BCUT2D eigenvalue weighted by atomic mass is 16.5. The van der Waals surface area contributed by atoms with E-state index in [4.69, 9.17) is 14.8 Å². The molecule has 1 aliphatic heterocycles.